The molecule has 2 heterocycles. The number of carbonyl (C=O) groups excluding carboxylic acids is 1. The van der Waals surface area contributed by atoms with E-state index in [4.69, 9.17) is 5.11 Å². The van der Waals surface area contributed by atoms with Crippen LogP contribution in [-0.2, 0) is 16.0 Å². The van der Waals surface area contributed by atoms with Crippen LogP contribution in [0, 0.1) is 0 Å². The van der Waals surface area contributed by atoms with Gasteiger partial charge in [0.1, 0.15) is 0 Å². The lowest BCUT2D eigenvalue weighted by molar-refractivity contribution is -0.139. The van der Waals surface area contributed by atoms with Crippen LogP contribution in [0.5, 0.6) is 0 Å². The number of aromatic nitrogens is 2. The first kappa shape index (κ1) is 15.0. The molecule has 0 aromatic carbocycles. The second kappa shape index (κ2) is 6.35. The van der Waals surface area contributed by atoms with Crippen LogP contribution in [0.3, 0.4) is 0 Å². The number of H-pyrrole nitrogens is 2. The molecule has 0 radical (unpaired) electrons. The average Bonchev–Trinajstić information content (AvgIpc) is 2.37. The molecule has 0 bridgehead atoms. The van der Waals surface area contributed by atoms with E-state index in [2.05, 4.69) is 4.98 Å². The quantitative estimate of drug-likeness (QED) is 0.580. The van der Waals surface area contributed by atoms with Crippen LogP contribution in [0.1, 0.15) is 5.69 Å². The minimum absolute atomic E-state index is 0.0383. The summed E-state index contributed by atoms with van der Waals surface area (Å²) in [7, 11) is 0. The van der Waals surface area contributed by atoms with Gasteiger partial charge in [-0.3, -0.25) is 24.3 Å². The maximum absolute atomic E-state index is 12.1. The molecule has 0 aliphatic carbocycles. The highest BCUT2D eigenvalue weighted by atomic mass is 16.4. The Morgan fingerprint density at radius 3 is 2.38 bits per heavy atom. The summed E-state index contributed by atoms with van der Waals surface area (Å²) in [5.41, 5.74) is -0.925. The second-order valence-corrected chi connectivity index (χ2v) is 4.84. The Morgan fingerprint density at radius 1 is 1.14 bits per heavy atom. The van der Waals surface area contributed by atoms with E-state index in [-0.39, 0.29) is 24.6 Å². The van der Waals surface area contributed by atoms with Gasteiger partial charge in [0.2, 0.25) is 5.91 Å². The van der Waals surface area contributed by atoms with Crippen LogP contribution in [-0.4, -0.2) is 69.5 Å². The molecule has 2 rings (SSSR count). The summed E-state index contributed by atoms with van der Waals surface area (Å²) in [6.45, 7) is 1.80. The number of carboxylic acid groups (broad SMARTS) is 1. The Labute approximate surface area is 119 Å². The van der Waals surface area contributed by atoms with Crippen molar-refractivity contribution in [2.24, 2.45) is 0 Å². The lowest BCUT2D eigenvalue weighted by Gasteiger charge is -2.33. The van der Waals surface area contributed by atoms with Gasteiger partial charge in [-0.1, -0.05) is 0 Å². The Morgan fingerprint density at radius 2 is 1.81 bits per heavy atom. The number of amides is 1. The molecule has 3 N–H and O–H groups in total. The molecular formula is C12H16N4O5. The highest BCUT2D eigenvalue weighted by molar-refractivity contribution is 5.78. The average molecular weight is 296 g/mol. The first-order chi connectivity index (χ1) is 9.94. The van der Waals surface area contributed by atoms with Crippen molar-refractivity contribution in [3.05, 3.63) is 32.6 Å². The van der Waals surface area contributed by atoms with Gasteiger partial charge in [0.25, 0.3) is 5.56 Å². The third-order valence-corrected chi connectivity index (χ3v) is 3.24. The van der Waals surface area contributed by atoms with Crippen LogP contribution in [0.2, 0.25) is 0 Å². The summed E-state index contributed by atoms with van der Waals surface area (Å²) < 4.78 is 0. The van der Waals surface area contributed by atoms with Gasteiger partial charge in [0, 0.05) is 37.9 Å². The summed E-state index contributed by atoms with van der Waals surface area (Å²) in [6.07, 6.45) is -0.0574. The van der Waals surface area contributed by atoms with Gasteiger partial charge in [-0.15, -0.1) is 0 Å². The molecule has 114 valence electrons. The maximum Gasteiger partial charge on any atom is 0.325 e. The van der Waals surface area contributed by atoms with Crippen molar-refractivity contribution in [3.8, 4) is 0 Å². The third kappa shape index (κ3) is 4.28. The Hall–Kier alpha value is -2.42. The van der Waals surface area contributed by atoms with Crippen molar-refractivity contribution in [3.63, 3.8) is 0 Å². The fourth-order valence-corrected chi connectivity index (χ4v) is 2.24. The number of hydrogen-bond donors (Lipinski definition) is 3. The van der Waals surface area contributed by atoms with E-state index in [1.807, 2.05) is 4.98 Å². The number of carboxylic acids is 1. The number of carbonyl (C=O) groups is 2. The van der Waals surface area contributed by atoms with Crippen molar-refractivity contribution in [2.75, 3.05) is 32.7 Å². The maximum atomic E-state index is 12.1. The van der Waals surface area contributed by atoms with Gasteiger partial charge in [-0.05, 0) is 0 Å². The van der Waals surface area contributed by atoms with Crippen LogP contribution in [0.25, 0.3) is 0 Å². The Kier molecular flexibility index (Phi) is 4.53. The molecule has 1 aliphatic rings. The molecule has 1 aliphatic heterocycles. The van der Waals surface area contributed by atoms with E-state index in [0.29, 0.717) is 26.2 Å². The SMILES string of the molecule is O=C(O)CN1CCN(C(=O)Cc2cc(=O)[nH]c(=O)[nH]2)CC1. The predicted molar refractivity (Wildman–Crippen MR) is 72.0 cm³/mol. The Bertz CT molecular complexity index is 613. The zero-order valence-electron chi connectivity index (χ0n) is 11.3. The van der Waals surface area contributed by atoms with E-state index in [0.717, 1.165) is 0 Å². The molecular weight excluding hydrogens is 280 g/mol. The molecule has 0 unspecified atom stereocenters. The molecule has 1 saturated heterocycles. The van der Waals surface area contributed by atoms with E-state index >= 15 is 0 Å². The number of piperazine rings is 1. The van der Waals surface area contributed by atoms with E-state index in [1.165, 1.54) is 6.07 Å². The molecule has 0 saturated carbocycles. The largest absolute Gasteiger partial charge is 0.480 e. The number of nitrogens with one attached hydrogen (secondary N) is 2. The van der Waals surface area contributed by atoms with Gasteiger partial charge < -0.3 is 15.0 Å². The molecule has 1 fully saturated rings. The lowest BCUT2D eigenvalue weighted by atomic mass is 10.2. The van der Waals surface area contributed by atoms with Crippen LogP contribution in [0.4, 0.5) is 0 Å². The van der Waals surface area contributed by atoms with Crippen LogP contribution >= 0.6 is 0 Å². The minimum atomic E-state index is -0.893. The van der Waals surface area contributed by atoms with Gasteiger partial charge in [-0.25, -0.2) is 4.79 Å². The van der Waals surface area contributed by atoms with Crippen molar-refractivity contribution >= 4 is 11.9 Å². The van der Waals surface area contributed by atoms with Gasteiger partial charge >= 0.3 is 11.7 Å². The number of aromatic amines is 2. The normalized spacial score (nSPS) is 15.9. The number of aliphatic carboxylic acids is 1. The lowest BCUT2D eigenvalue weighted by Crippen LogP contribution is -2.50. The standard InChI is InChI=1S/C12H16N4O5/c17-9-5-8(13-12(21)14-9)6-10(18)16-3-1-15(2-4-16)7-11(19)20/h5H,1-4,6-7H2,(H,19,20)(H2,13,14,17,21). The summed E-state index contributed by atoms with van der Waals surface area (Å²) in [5.74, 6) is -1.10. The smallest absolute Gasteiger partial charge is 0.325 e. The van der Waals surface area contributed by atoms with Crippen molar-refractivity contribution in [1.82, 2.24) is 19.8 Å². The fraction of sp³-hybridized carbons (Fsp3) is 0.500. The van der Waals surface area contributed by atoms with Crippen molar-refractivity contribution < 1.29 is 14.7 Å². The molecule has 0 spiro atoms. The van der Waals surface area contributed by atoms with E-state index < -0.39 is 17.2 Å². The molecule has 9 heteroatoms. The van der Waals surface area contributed by atoms with E-state index in [9.17, 15) is 19.2 Å². The van der Waals surface area contributed by atoms with Crippen molar-refractivity contribution in [2.45, 2.75) is 6.42 Å². The van der Waals surface area contributed by atoms with Crippen LogP contribution < -0.4 is 11.2 Å². The zero-order chi connectivity index (χ0) is 15.4. The second-order valence-electron chi connectivity index (χ2n) is 4.84. The molecule has 1 amide bonds. The van der Waals surface area contributed by atoms with Gasteiger partial charge in [0.05, 0.1) is 13.0 Å². The molecule has 21 heavy (non-hydrogen) atoms. The Balaban J connectivity index is 1.91. The van der Waals surface area contributed by atoms with Gasteiger partial charge in [0.15, 0.2) is 0 Å². The minimum Gasteiger partial charge on any atom is -0.480 e. The monoisotopic (exact) mass is 296 g/mol. The third-order valence-electron chi connectivity index (χ3n) is 3.24. The summed E-state index contributed by atoms with van der Waals surface area (Å²) in [4.78, 5) is 52.7. The summed E-state index contributed by atoms with van der Waals surface area (Å²) in [6, 6.07) is 1.18. The topological polar surface area (TPSA) is 127 Å². The molecule has 9 nitrogen and oxygen atoms in total. The van der Waals surface area contributed by atoms with E-state index in [1.54, 1.807) is 9.80 Å². The highest BCUT2D eigenvalue weighted by Crippen LogP contribution is 2.04. The first-order valence-corrected chi connectivity index (χ1v) is 6.48. The fourth-order valence-electron chi connectivity index (χ4n) is 2.24. The number of rotatable bonds is 4. The molecule has 1 aromatic heterocycles. The van der Waals surface area contributed by atoms with Crippen LogP contribution in [0.15, 0.2) is 15.7 Å². The predicted octanol–water partition coefficient (Wildman–Crippen LogP) is -2.17. The van der Waals surface area contributed by atoms with Crippen molar-refractivity contribution in [1.29, 1.82) is 0 Å². The summed E-state index contributed by atoms with van der Waals surface area (Å²) >= 11 is 0. The number of hydrogen-bond acceptors (Lipinski definition) is 5. The summed E-state index contributed by atoms with van der Waals surface area (Å²) in [5, 5.41) is 8.70. The first-order valence-electron chi connectivity index (χ1n) is 6.48. The van der Waals surface area contributed by atoms with Gasteiger partial charge in [-0.2, -0.15) is 0 Å². The zero-order valence-corrected chi connectivity index (χ0v) is 11.3. The molecule has 0 atom stereocenters. The molecule has 1 aromatic rings. The number of nitrogens with zero attached hydrogens (tertiary/aromatic N) is 2. The highest BCUT2D eigenvalue weighted by Gasteiger charge is 2.22.